The second-order valence-corrected chi connectivity index (χ2v) is 5.71. The van der Waals surface area contributed by atoms with E-state index < -0.39 is 0 Å². The highest BCUT2D eigenvalue weighted by molar-refractivity contribution is 5.70. The molecule has 1 fully saturated rings. The van der Waals surface area contributed by atoms with Crippen LogP contribution in [0.2, 0.25) is 0 Å². The van der Waals surface area contributed by atoms with E-state index in [9.17, 15) is 4.79 Å². The molecule has 1 aliphatic heterocycles. The largest absolute Gasteiger partial charge is 0.416 e. The third-order valence-corrected chi connectivity index (χ3v) is 3.14. The van der Waals surface area contributed by atoms with Crippen molar-refractivity contribution in [3.8, 4) is 5.88 Å². The Kier molecular flexibility index (Phi) is 3.59. The molecule has 2 rings (SSSR count). The lowest BCUT2D eigenvalue weighted by molar-refractivity contribution is 0.141. The molecule has 1 aromatic rings. The number of carbonyl (C=O) groups excluding carboxylic acids is 1. The minimum Gasteiger partial charge on any atom is -0.389 e. The van der Waals surface area contributed by atoms with Crippen LogP contribution >= 0.6 is 0 Å². The molecular formula is C13H21N3O2. The first-order valence-electron chi connectivity index (χ1n) is 6.48. The summed E-state index contributed by atoms with van der Waals surface area (Å²) in [5.74, 6) is 0.375. The number of nitrogens with zero attached hydrogens (tertiary/aromatic N) is 3. The van der Waals surface area contributed by atoms with Gasteiger partial charge in [-0.1, -0.05) is 0 Å². The van der Waals surface area contributed by atoms with Crippen molar-refractivity contribution in [2.75, 3.05) is 13.1 Å². The quantitative estimate of drug-likeness (QED) is 0.770. The Morgan fingerprint density at radius 1 is 1.28 bits per heavy atom. The molecule has 5 heteroatoms. The number of piperidine rings is 1. The molecule has 5 nitrogen and oxygen atoms in total. The summed E-state index contributed by atoms with van der Waals surface area (Å²) in [4.78, 5) is 17.7. The summed E-state index contributed by atoms with van der Waals surface area (Å²) in [7, 11) is 0. The van der Waals surface area contributed by atoms with Gasteiger partial charge in [0.15, 0.2) is 0 Å². The monoisotopic (exact) mass is 251 g/mol. The standard InChI is InChI=1S/C13H21N3O2/c1-13(2,3)16-9-11(14-10-16)18-12(17)15-7-5-4-6-8-15/h9-10H,4-8H2,1-3H3. The van der Waals surface area contributed by atoms with Crippen LogP contribution in [0.5, 0.6) is 5.88 Å². The molecule has 0 spiro atoms. The Bertz CT molecular complexity index is 414. The van der Waals surface area contributed by atoms with Crippen molar-refractivity contribution in [1.29, 1.82) is 0 Å². The molecule has 0 N–H and O–H groups in total. The second-order valence-electron chi connectivity index (χ2n) is 5.71. The first kappa shape index (κ1) is 12.9. The van der Waals surface area contributed by atoms with Gasteiger partial charge in [-0.25, -0.2) is 9.78 Å². The Hall–Kier alpha value is -1.52. The van der Waals surface area contributed by atoms with E-state index in [0.717, 1.165) is 25.9 Å². The van der Waals surface area contributed by atoms with Crippen molar-refractivity contribution in [1.82, 2.24) is 14.5 Å². The Morgan fingerprint density at radius 3 is 2.50 bits per heavy atom. The molecule has 18 heavy (non-hydrogen) atoms. The summed E-state index contributed by atoms with van der Waals surface area (Å²) in [5.41, 5.74) is -0.0528. The summed E-state index contributed by atoms with van der Waals surface area (Å²) >= 11 is 0. The van der Waals surface area contributed by atoms with Gasteiger partial charge in [-0.05, 0) is 40.0 Å². The number of amides is 1. The van der Waals surface area contributed by atoms with Crippen LogP contribution in [-0.4, -0.2) is 33.6 Å². The second kappa shape index (κ2) is 5.00. The third kappa shape index (κ3) is 3.03. The van der Waals surface area contributed by atoms with Gasteiger partial charge in [0.1, 0.15) is 0 Å². The van der Waals surface area contributed by atoms with Crippen LogP contribution in [0, 0.1) is 0 Å². The highest BCUT2D eigenvalue weighted by Crippen LogP contribution is 2.18. The van der Waals surface area contributed by atoms with Gasteiger partial charge in [-0.2, -0.15) is 0 Å². The van der Waals surface area contributed by atoms with Crippen molar-refractivity contribution < 1.29 is 9.53 Å². The van der Waals surface area contributed by atoms with Crippen LogP contribution in [0.1, 0.15) is 40.0 Å². The first-order chi connectivity index (χ1) is 8.47. The van der Waals surface area contributed by atoms with Crippen LogP contribution in [0.4, 0.5) is 4.79 Å². The molecule has 1 saturated heterocycles. The van der Waals surface area contributed by atoms with Crippen LogP contribution in [0.3, 0.4) is 0 Å². The van der Waals surface area contributed by atoms with Crippen LogP contribution in [0.15, 0.2) is 12.5 Å². The molecule has 0 aliphatic carbocycles. The van der Waals surface area contributed by atoms with Crippen molar-refractivity contribution >= 4 is 6.09 Å². The summed E-state index contributed by atoms with van der Waals surface area (Å²) in [6, 6.07) is 0. The number of imidazole rings is 1. The third-order valence-electron chi connectivity index (χ3n) is 3.14. The lowest BCUT2D eigenvalue weighted by atomic mass is 10.1. The zero-order valence-corrected chi connectivity index (χ0v) is 11.3. The van der Waals surface area contributed by atoms with E-state index in [4.69, 9.17) is 4.74 Å². The van der Waals surface area contributed by atoms with Crippen molar-refractivity contribution in [3.05, 3.63) is 12.5 Å². The van der Waals surface area contributed by atoms with Crippen molar-refractivity contribution in [3.63, 3.8) is 0 Å². The molecule has 0 saturated carbocycles. The van der Waals surface area contributed by atoms with Crippen LogP contribution in [-0.2, 0) is 5.54 Å². The zero-order chi connectivity index (χ0) is 13.2. The van der Waals surface area contributed by atoms with Gasteiger partial charge in [-0.15, -0.1) is 0 Å². The number of likely N-dealkylation sites (tertiary alicyclic amines) is 1. The van der Waals surface area contributed by atoms with Crippen LogP contribution in [0.25, 0.3) is 0 Å². The fraction of sp³-hybridized carbons (Fsp3) is 0.692. The highest BCUT2D eigenvalue weighted by atomic mass is 16.6. The lowest BCUT2D eigenvalue weighted by Crippen LogP contribution is -2.37. The molecule has 1 aromatic heterocycles. The maximum atomic E-state index is 11.9. The van der Waals surface area contributed by atoms with E-state index in [2.05, 4.69) is 25.8 Å². The topological polar surface area (TPSA) is 47.4 Å². The minimum absolute atomic E-state index is 0.0528. The Balaban J connectivity index is 1.96. The normalized spacial score (nSPS) is 16.7. The van der Waals surface area contributed by atoms with Crippen molar-refractivity contribution in [2.24, 2.45) is 0 Å². The van der Waals surface area contributed by atoms with Gasteiger partial charge in [-0.3, -0.25) is 0 Å². The minimum atomic E-state index is -0.283. The van der Waals surface area contributed by atoms with Gasteiger partial charge < -0.3 is 14.2 Å². The maximum Gasteiger partial charge on any atom is 0.416 e. The number of rotatable bonds is 1. The van der Waals surface area contributed by atoms with E-state index >= 15 is 0 Å². The van der Waals surface area contributed by atoms with Crippen molar-refractivity contribution in [2.45, 2.75) is 45.6 Å². The molecule has 0 radical (unpaired) electrons. The molecule has 0 bridgehead atoms. The molecule has 0 aromatic carbocycles. The van der Waals surface area contributed by atoms with Gasteiger partial charge in [0.05, 0.1) is 12.5 Å². The fourth-order valence-corrected chi connectivity index (χ4v) is 1.95. The number of ether oxygens (including phenoxy) is 1. The summed E-state index contributed by atoms with van der Waals surface area (Å²) in [6.07, 6.45) is 6.49. The van der Waals surface area contributed by atoms with E-state index in [0.29, 0.717) is 5.88 Å². The average Bonchev–Trinajstić information content (AvgIpc) is 2.78. The highest BCUT2D eigenvalue weighted by Gasteiger charge is 2.20. The summed E-state index contributed by atoms with van der Waals surface area (Å²) in [6.45, 7) is 7.80. The summed E-state index contributed by atoms with van der Waals surface area (Å²) < 4.78 is 7.22. The van der Waals surface area contributed by atoms with Gasteiger partial charge >= 0.3 is 6.09 Å². The van der Waals surface area contributed by atoms with Gasteiger partial charge in [0, 0.05) is 18.6 Å². The molecule has 1 aliphatic rings. The predicted octanol–water partition coefficient (Wildman–Crippen LogP) is 2.62. The lowest BCUT2D eigenvalue weighted by Gasteiger charge is -2.25. The SMILES string of the molecule is CC(C)(C)n1cnc(OC(=O)N2CCCCC2)c1. The maximum absolute atomic E-state index is 11.9. The molecule has 100 valence electrons. The fourth-order valence-electron chi connectivity index (χ4n) is 1.95. The molecule has 2 heterocycles. The predicted molar refractivity (Wildman–Crippen MR) is 68.7 cm³/mol. The van der Waals surface area contributed by atoms with Gasteiger partial charge in [0.25, 0.3) is 0 Å². The average molecular weight is 251 g/mol. The Labute approximate surface area is 108 Å². The molecule has 1 amide bonds. The van der Waals surface area contributed by atoms with E-state index in [1.807, 2.05) is 4.57 Å². The smallest absolute Gasteiger partial charge is 0.389 e. The zero-order valence-electron chi connectivity index (χ0n) is 11.3. The Morgan fingerprint density at radius 2 is 1.94 bits per heavy atom. The van der Waals surface area contributed by atoms with Crippen LogP contribution < -0.4 is 4.74 Å². The number of carbonyl (C=O) groups is 1. The number of hydrogen-bond acceptors (Lipinski definition) is 3. The number of aromatic nitrogens is 2. The summed E-state index contributed by atoms with van der Waals surface area (Å²) in [5, 5.41) is 0. The number of hydrogen-bond donors (Lipinski definition) is 0. The molecule has 0 atom stereocenters. The van der Waals surface area contributed by atoms with E-state index in [-0.39, 0.29) is 11.6 Å². The van der Waals surface area contributed by atoms with E-state index in [1.165, 1.54) is 6.42 Å². The molecule has 0 unspecified atom stereocenters. The first-order valence-corrected chi connectivity index (χ1v) is 6.48. The molecular weight excluding hydrogens is 230 g/mol. The van der Waals surface area contributed by atoms with Gasteiger partial charge in [0.2, 0.25) is 5.88 Å². The van der Waals surface area contributed by atoms with E-state index in [1.54, 1.807) is 17.4 Å².